The summed E-state index contributed by atoms with van der Waals surface area (Å²) < 4.78 is 5.75. The normalized spacial score (nSPS) is 11.1. The number of furan rings is 1. The van der Waals surface area contributed by atoms with Crippen molar-refractivity contribution >= 4 is 22.1 Å². The third kappa shape index (κ3) is 2.47. The second kappa shape index (κ2) is 6.32. The molecule has 5 aromatic rings. The molecule has 0 fully saturated rings. The lowest BCUT2D eigenvalue weighted by atomic mass is 9.92. The highest BCUT2D eigenvalue weighted by atomic mass is 32.1. The number of thiophene rings is 1. The lowest BCUT2D eigenvalue weighted by Crippen LogP contribution is -1.85. The summed E-state index contributed by atoms with van der Waals surface area (Å²) in [5.41, 5.74) is 4.96. The zero-order valence-corrected chi connectivity index (χ0v) is 14.9. The van der Waals surface area contributed by atoms with Gasteiger partial charge in [0.05, 0.1) is 11.1 Å². The third-order valence-corrected chi connectivity index (χ3v) is 5.67. The highest BCUT2D eigenvalue weighted by Gasteiger charge is 2.19. The van der Waals surface area contributed by atoms with Crippen molar-refractivity contribution in [1.82, 2.24) is 0 Å². The van der Waals surface area contributed by atoms with E-state index in [4.69, 9.17) is 4.42 Å². The van der Waals surface area contributed by atoms with Crippen molar-refractivity contribution in [2.24, 2.45) is 0 Å². The van der Waals surface area contributed by atoms with Gasteiger partial charge in [-0.05, 0) is 39.4 Å². The van der Waals surface area contributed by atoms with Crippen molar-refractivity contribution in [2.75, 3.05) is 0 Å². The molecule has 1 nitrogen and oxygen atoms in total. The molecule has 0 atom stereocenters. The molecular formula is C24H16OS. The van der Waals surface area contributed by atoms with Gasteiger partial charge < -0.3 is 4.42 Å². The number of fused-ring (bicyclic) bond motifs is 1. The van der Waals surface area contributed by atoms with E-state index < -0.39 is 0 Å². The van der Waals surface area contributed by atoms with Gasteiger partial charge in [-0.1, -0.05) is 72.8 Å². The predicted molar refractivity (Wildman–Crippen MR) is 110 cm³/mol. The van der Waals surface area contributed by atoms with Gasteiger partial charge in [0.2, 0.25) is 0 Å². The number of hydrogen-bond donors (Lipinski definition) is 0. The monoisotopic (exact) mass is 352 g/mol. The smallest absolute Gasteiger partial charge is 0.144 e. The molecule has 2 aromatic heterocycles. The van der Waals surface area contributed by atoms with Crippen molar-refractivity contribution in [2.45, 2.75) is 0 Å². The zero-order valence-electron chi connectivity index (χ0n) is 14.1. The van der Waals surface area contributed by atoms with Crippen molar-refractivity contribution in [1.29, 1.82) is 0 Å². The SMILES string of the molecule is c1ccc(-c2csc(-c3ccco3)c2-c2cccc3ccccc23)cc1. The van der Waals surface area contributed by atoms with E-state index in [1.165, 1.54) is 37.9 Å². The molecule has 2 heteroatoms. The third-order valence-electron chi connectivity index (χ3n) is 4.68. The molecule has 0 saturated carbocycles. The molecule has 3 aromatic carbocycles. The Morgan fingerprint density at radius 1 is 0.654 bits per heavy atom. The van der Waals surface area contributed by atoms with Crippen molar-refractivity contribution < 1.29 is 4.42 Å². The van der Waals surface area contributed by atoms with E-state index in [-0.39, 0.29) is 0 Å². The molecule has 0 aliphatic carbocycles. The Morgan fingerprint density at radius 2 is 1.46 bits per heavy atom. The van der Waals surface area contributed by atoms with E-state index in [2.05, 4.69) is 78.2 Å². The van der Waals surface area contributed by atoms with Crippen LogP contribution in [0.15, 0.2) is 101 Å². The summed E-state index contributed by atoms with van der Waals surface area (Å²) in [5.74, 6) is 0.917. The Hall–Kier alpha value is -3.10. The molecule has 0 amide bonds. The largest absolute Gasteiger partial charge is 0.463 e. The van der Waals surface area contributed by atoms with Crippen LogP contribution in [-0.2, 0) is 0 Å². The fourth-order valence-electron chi connectivity index (χ4n) is 3.49. The Kier molecular flexibility index (Phi) is 3.69. The van der Waals surface area contributed by atoms with Crippen LogP contribution < -0.4 is 0 Å². The Morgan fingerprint density at radius 3 is 2.31 bits per heavy atom. The predicted octanol–water partition coefficient (Wildman–Crippen LogP) is 7.50. The first-order chi connectivity index (χ1) is 12.9. The van der Waals surface area contributed by atoms with Crippen LogP contribution in [0, 0.1) is 0 Å². The van der Waals surface area contributed by atoms with Crippen LogP contribution in [0.2, 0.25) is 0 Å². The van der Waals surface area contributed by atoms with E-state index in [0.29, 0.717) is 0 Å². The second-order valence-corrected chi connectivity index (χ2v) is 7.10. The van der Waals surface area contributed by atoms with Crippen LogP contribution >= 0.6 is 11.3 Å². The molecule has 2 heterocycles. The highest BCUT2D eigenvalue weighted by Crippen LogP contribution is 2.46. The van der Waals surface area contributed by atoms with Crippen LogP contribution in [0.5, 0.6) is 0 Å². The van der Waals surface area contributed by atoms with Gasteiger partial charge in [-0.15, -0.1) is 11.3 Å². The van der Waals surface area contributed by atoms with Gasteiger partial charge in [0, 0.05) is 11.1 Å². The maximum absolute atomic E-state index is 5.75. The summed E-state index contributed by atoms with van der Waals surface area (Å²) in [6, 6.07) is 29.6. The molecule has 0 bridgehead atoms. The van der Waals surface area contributed by atoms with Crippen LogP contribution in [0.1, 0.15) is 0 Å². The molecule has 0 aliphatic rings. The van der Waals surface area contributed by atoms with Crippen molar-refractivity contribution in [3.63, 3.8) is 0 Å². The summed E-state index contributed by atoms with van der Waals surface area (Å²) in [5, 5.41) is 4.75. The van der Waals surface area contributed by atoms with Gasteiger partial charge in [-0.2, -0.15) is 0 Å². The van der Waals surface area contributed by atoms with E-state index in [9.17, 15) is 0 Å². The van der Waals surface area contributed by atoms with Crippen molar-refractivity contribution in [3.05, 3.63) is 96.6 Å². The highest BCUT2D eigenvalue weighted by molar-refractivity contribution is 7.14. The average Bonchev–Trinajstić information content (AvgIpc) is 3.38. The first-order valence-corrected chi connectivity index (χ1v) is 9.49. The molecule has 124 valence electrons. The molecule has 0 unspecified atom stereocenters. The fourth-order valence-corrected chi connectivity index (χ4v) is 4.55. The molecule has 0 radical (unpaired) electrons. The first kappa shape index (κ1) is 15.2. The molecule has 5 rings (SSSR count). The molecule has 26 heavy (non-hydrogen) atoms. The van der Waals surface area contributed by atoms with Gasteiger partial charge in [0.1, 0.15) is 5.76 Å². The van der Waals surface area contributed by atoms with E-state index >= 15 is 0 Å². The lowest BCUT2D eigenvalue weighted by molar-refractivity contribution is 0.584. The summed E-state index contributed by atoms with van der Waals surface area (Å²) >= 11 is 1.74. The van der Waals surface area contributed by atoms with Gasteiger partial charge in [0.25, 0.3) is 0 Å². The topological polar surface area (TPSA) is 13.1 Å². The maximum atomic E-state index is 5.75. The molecule has 0 N–H and O–H groups in total. The standard InChI is InChI=1S/C24H16OS/c1-2-8-18(9-3-1)21-16-26-24(22-14-7-15-25-22)23(21)20-13-6-11-17-10-4-5-12-19(17)20/h1-16H. The minimum Gasteiger partial charge on any atom is -0.463 e. The Balaban J connectivity index is 1.85. The van der Waals surface area contributed by atoms with E-state index in [1.54, 1.807) is 17.6 Å². The quantitative estimate of drug-likeness (QED) is 0.328. The van der Waals surface area contributed by atoms with Crippen LogP contribution in [-0.4, -0.2) is 0 Å². The van der Waals surface area contributed by atoms with E-state index in [1.807, 2.05) is 12.1 Å². The number of benzene rings is 3. The van der Waals surface area contributed by atoms with Crippen LogP contribution in [0.4, 0.5) is 0 Å². The maximum Gasteiger partial charge on any atom is 0.144 e. The molecule has 0 spiro atoms. The van der Waals surface area contributed by atoms with Crippen LogP contribution in [0.3, 0.4) is 0 Å². The number of rotatable bonds is 3. The summed E-state index contributed by atoms with van der Waals surface area (Å²) in [6.45, 7) is 0. The average molecular weight is 352 g/mol. The fraction of sp³-hybridized carbons (Fsp3) is 0. The zero-order chi connectivity index (χ0) is 17.3. The van der Waals surface area contributed by atoms with Gasteiger partial charge in [-0.25, -0.2) is 0 Å². The van der Waals surface area contributed by atoms with Crippen LogP contribution in [0.25, 0.3) is 43.7 Å². The minimum absolute atomic E-state index is 0.917. The number of hydrogen-bond acceptors (Lipinski definition) is 2. The molecule has 0 aliphatic heterocycles. The summed E-state index contributed by atoms with van der Waals surface area (Å²) in [4.78, 5) is 1.17. The van der Waals surface area contributed by atoms with Gasteiger partial charge >= 0.3 is 0 Å². The second-order valence-electron chi connectivity index (χ2n) is 6.22. The molecule has 0 saturated heterocycles. The Labute approximate surface area is 156 Å². The lowest BCUT2D eigenvalue weighted by Gasteiger charge is -2.11. The van der Waals surface area contributed by atoms with Gasteiger partial charge in [-0.3, -0.25) is 0 Å². The first-order valence-electron chi connectivity index (χ1n) is 8.61. The van der Waals surface area contributed by atoms with Crippen molar-refractivity contribution in [3.8, 4) is 32.9 Å². The minimum atomic E-state index is 0.917. The molecular weight excluding hydrogens is 336 g/mol. The summed E-state index contributed by atoms with van der Waals surface area (Å²) in [6.07, 6.45) is 1.74. The van der Waals surface area contributed by atoms with E-state index in [0.717, 1.165) is 5.76 Å². The Bertz CT molecular complexity index is 1160. The summed E-state index contributed by atoms with van der Waals surface area (Å²) in [7, 11) is 0. The van der Waals surface area contributed by atoms with Gasteiger partial charge in [0.15, 0.2) is 0 Å².